The molecule has 0 spiro atoms. The second kappa shape index (κ2) is 4.08. The fourth-order valence-electron chi connectivity index (χ4n) is 0. The molecule has 0 fully saturated rings. The molecule has 0 amide bonds. The van der Waals surface area contributed by atoms with Gasteiger partial charge < -0.3 is 0 Å². The maximum absolute atomic E-state index is 9.17. The van der Waals surface area contributed by atoms with E-state index in [1.807, 2.05) is 0 Å². The Labute approximate surface area is 39.0 Å². The van der Waals surface area contributed by atoms with Crippen molar-refractivity contribution in [3.8, 4) is 0 Å². The predicted molar refractivity (Wildman–Crippen MR) is 7.13 cm³/mol. The molecule has 2 nitrogen and oxygen atoms in total. The Hall–Kier alpha value is 1.08. The molecule has 0 saturated carbocycles. The minimum absolute atomic E-state index is 1.19. The normalized spacial score (nSPS) is 5.00. The average molecular weight is 256 g/mol. The summed E-state index contributed by atoms with van der Waals surface area (Å²) in [5.41, 5.74) is 0. The Morgan fingerprint density at radius 1 is 1.75 bits per heavy atom. The zero-order valence-corrected chi connectivity index (χ0v) is 5.97. The van der Waals surface area contributed by atoms with Crippen LogP contribution in [0.5, 0.6) is 0 Å². The third-order valence-electron chi connectivity index (χ3n) is 0.0278. The molecule has 0 aromatic heterocycles. The summed E-state index contributed by atoms with van der Waals surface area (Å²) in [6.07, 6.45) is 0. The molecule has 0 aliphatic carbocycles. The number of hydrogen-bond acceptors (Lipinski definition) is 2. The molecule has 4 heavy (non-hydrogen) atoms. The van der Waals surface area contributed by atoms with Crippen molar-refractivity contribution in [3.63, 3.8) is 0 Å². The van der Waals surface area contributed by atoms with E-state index in [0.717, 1.165) is 0 Å². The molecular formula is MoO2Te+. The van der Waals surface area contributed by atoms with Crippen molar-refractivity contribution in [2.75, 3.05) is 0 Å². The topological polar surface area (TPSA) is 34.1 Å². The molecule has 0 aromatic carbocycles. The SMILES string of the molecule is [O]=[Mo][Te+]=O. The van der Waals surface area contributed by atoms with Gasteiger partial charge in [-0.25, -0.2) is 0 Å². The maximum atomic E-state index is 9.17. The third-order valence-corrected chi connectivity index (χ3v) is 1.10. The zero-order chi connectivity index (χ0) is 3.41. The van der Waals surface area contributed by atoms with Crippen molar-refractivity contribution in [1.82, 2.24) is 0 Å². The van der Waals surface area contributed by atoms with Gasteiger partial charge in [-0.1, -0.05) is 0 Å². The molecule has 0 rings (SSSR count). The van der Waals surface area contributed by atoms with Crippen LogP contribution in [0.25, 0.3) is 0 Å². The van der Waals surface area contributed by atoms with Gasteiger partial charge in [0.1, 0.15) is 0 Å². The molecule has 0 unspecified atom stereocenters. The first kappa shape index (κ1) is 5.08. The Bertz CT molecular complexity index is 27.0. The second-order valence-corrected chi connectivity index (χ2v) is 5.40. The van der Waals surface area contributed by atoms with Gasteiger partial charge in [-0.3, -0.25) is 0 Å². The van der Waals surface area contributed by atoms with E-state index >= 15 is 0 Å². The first-order valence-electron chi connectivity index (χ1n) is 0.500. The molecule has 0 aliphatic heterocycles. The summed E-state index contributed by atoms with van der Waals surface area (Å²) >= 11 is -2.39. The van der Waals surface area contributed by atoms with Gasteiger partial charge in [-0.15, -0.1) is 0 Å². The van der Waals surface area contributed by atoms with Crippen LogP contribution in [0.3, 0.4) is 0 Å². The predicted octanol–water partition coefficient (Wildman–Crippen LogP) is -0.621. The van der Waals surface area contributed by atoms with Crippen molar-refractivity contribution in [3.05, 3.63) is 0 Å². The van der Waals surface area contributed by atoms with Crippen molar-refractivity contribution < 1.29 is 21.4 Å². The van der Waals surface area contributed by atoms with Gasteiger partial charge in [-0.2, -0.15) is 0 Å². The summed E-state index contributed by atoms with van der Waals surface area (Å²) in [5, 5.41) is 0. The molecule has 0 saturated heterocycles. The van der Waals surface area contributed by atoms with E-state index in [9.17, 15) is 6.50 Å². The molecule has 0 N–H and O–H groups in total. The van der Waals surface area contributed by atoms with Crippen molar-refractivity contribution in [1.29, 1.82) is 0 Å². The van der Waals surface area contributed by atoms with E-state index < -0.39 is 32.6 Å². The van der Waals surface area contributed by atoms with E-state index in [1.165, 1.54) is 0 Å². The van der Waals surface area contributed by atoms with Crippen molar-refractivity contribution in [2.45, 2.75) is 0 Å². The van der Waals surface area contributed by atoms with Crippen LogP contribution in [0.2, 0.25) is 0 Å². The summed E-state index contributed by atoms with van der Waals surface area (Å²) in [7, 11) is 0. The summed E-state index contributed by atoms with van der Waals surface area (Å²) < 4.78 is 18.3. The molecule has 0 heterocycles. The van der Waals surface area contributed by atoms with Crippen molar-refractivity contribution >= 4 is 17.7 Å². The van der Waals surface area contributed by atoms with Crippen LogP contribution in [-0.2, 0) is 21.4 Å². The molecule has 0 radical (unpaired) electrons. The summed E-state index contributed by atoms with van der Waals surface area (Å²) in [5.74, 6) is 0. The van der Waals surface area contributed by atoms with E-state index in [2.05, 4.69) is 0 Å². The van der Waals surface area contributed by atoms with Crippen molar-refractivity contribution in [2.24, 2.45) is 0 Å². The van der Waals surface area contributed by atoms with Crippen LogP contribution in [0.15, 0.2) is 0 Å². The van der Waals surface area contributed by atoms with Gasteiger partial charge >= 0.3 is 39.1 Å². The van der Waals surface area contributed by atoms with Gasteiger partial charge in [0, 0.05) is 0 Å². The number of hydrogen-bond donors (Lipinski definition) is 0. The second-order valence-electron chi connectivity index (χ2n) is 0.136. The minimum atomic E-state index is -1.19. The van der Waals surface area contributed by atoms with Gasteiger partial charge in [0.25, 0.3) is 0 Å². The molecular weight excluding hydrogens is 256 g/mol. The van der Waals surface area contributed by atoms with E-state index in [0.29, 0.717) is 0 Å². The van der Waals surface area contributed by atoms with Crippen LogP contribution in [0.1, 0.15) is 0 Å². The fraction of sp³-hybridized carbons (Fsp3) is 0. The van der Waals surface area contributed by atoms with Crippen LogP contribution < -0.4 is 0 Å². The molecule has 0 bridgehead atoms. The molecule has 0 aliphatic rings. The Balaban J connectivity index is 2.73. The molecule has 4 heteroatoms. The number of rotatable bonds is 1. The Kier molecular flexibility index (Phi) is 5.18. The first-order chi connectivity index (χ1) is 1.91. The monoisotopic (exact) mass is 260 g/mol. The van der Waals surface area contributed by atoms with Gasteiger partial charge in [0.2, 0.25) is 0 Å². The molecule has 23 valence electrons. The Morgan fingerprint density at radius 2 is 2.00 bits per heavy atom. The summed E-state index contributed by atoms with van der Waals surface area (Å²) in [6.45, 7) is 0. The van der Waals surface area contributed by atoms with Gasteiger partial charge in [-0.05, 0) is 0 Å². The zero-order valence-electron chi connectivity index (χ0n) is 1.63. The van der Waals surface area contributed by atoms with Crippen LogP contribution >= 0.6 is 0 Å². The van der Waals surface area contributed by atoms with E-state index in [1.54, 1.807) is 0 Å². The van der Waals surface area contributed by atoms with Crippen LogP contribution in [-0.4, -0.2) is 17.7 Å². The third kappa shape index (κ3) is 3.08. The first-order valence-corrected chi connectivity index (χ1v) is 8.72. The quantitative estimate of drug-likeness (QED) is 0.585. The fourth-order valence-corrected chi connectivity index (χ4v) is 0. The standard InChI is InChI=1S/Mo.OTe.O/c;1-2;/q+1;;. The van der Waals surface area contributed by atoms with Crippen LogP contribution in [0.4, 0.5) is 0 Å². The van der Waals surface area contributed by atoms with Crippen LogP contribution in [0, 0.1) is 0 Å². The summed E-state index contributed by atoms with van der Waals surface area (Å²) in [4.78, 5) is 0. The van der Waals surface area contributed by atoms with E-state index in [4.69, 9.17) is 0 Å². The molecule has 0 aromatic rings. The Morgan fingerprint density at radius 3 is 2.00 bits per heavy atom. The van der Waals surface area contributed by atoms with E-state index in [-0.39, 0.29) is 0 Å². The summed E-state index contributed by atoms with van der Waals surface area (Å²) in [6, 6.07) is 0. The van der Waals surface area contributed by atoms with Gasteiger partial charge in [0.15, 0.2) is 0 Å². The van der Waals surface area contributed by atoms with Gasteiger partial charge in [0.05, 0.1) is 0 Å². The molecule has 0 atom stereocenters. The average Bonchev–Trinajstić information content (AvgIpc) is 1.37.